The van der Waals surface area contributed by atoms with Crippen LogP contribution < -0.4 is 15.7 Å². The molecule has 114 valence electrons. The minimum atomic E-state index is -0.776. The topological polar surface area (TPSA) is 27.7 Å². The Labute approximate surface area is 136 Å². The van der Waals surface area contributed by atoms with Crippen molar-refractivity contribution in [1.29, 1.82) is 0 Å². The Morgan fingerprint density at radius 2 is 1.59 bits per heavy atom. The third kappa shape index (κ3) is 3.25. The highest BCUT2D eigenvalue weighted by molar-refractivity contribution is 6.64. The molecule has 1 aliphatic heterocycles. The fourth-order valence-electron chi connectivity index (χ4n) is 2.31. The number of rotatable bonds is 3. The summed E-state index contributed by atoms with van der Waals surface area (Å²) in [5, 5.41) is -0.434. The quantitative estimate of drug-likeness (QED) is 0.568. The molecule has 1 aromatic rings. The van der Waals surface area contributed by atoms with Gasteiger partial charge in [0, 0.05) is 5.30 Å². The van der Waals surface area contributed by atoms with Gasteiger partial charge in [-0.25, -0.2) is 4.39 Å². The SMILES string of the molecule is Bc1ccc(F)c(B2OC(C)(C)C(C)(C)O2)c1OC(B)(B)B. The fourth-order valence-corrected chi connectivity index (χ4v) is 2.31. The number of ether oxygens (including phenoxy) is 1. The third-order valence-electron chi connectivity index (χ3n) is 4.24. The molecule has 0 N–H and O–H groups in total. The van der Waals surface area contributed by atoms with E-state index in [-0.39, 0.29) is 5.82 Å². The van der Waals surface area contributed by atoms with Crippen LogP contribution in [0.4, 0.5) is 4.39 Å². The second kappa shape index (κ2) is 5.38. The summed E-state index contributed by atoms with van der Waals surface area (Å²) >= 11 is 0. The van der Waals surface area contributed by atoms with Gasteiger partial charge in [0.2, 0.25) is 0 Å². The molecule has 1 heterocycles. The second-order valence-corrected chi connectivity index (χ2v) is 7.91. The van der Waals surface area contributed by atoms with Crippen LogP contribution in [0.2, 0.25) is 0 Å². The van der Waals surface area contributed by atoms with Gasteiger partial charge >= 0.3 is 7.12 Å². The molecule has 0 aliphatic carbocycles. The molecule has 0 saturated carbocycles. The Morgan fingerprint density at radius 3 is 2.05 bits per heavy atom. The van der Waals surface area contributed by atoms with Gasteiger partial charge < -0.3 is 14.0 Å². The molecule has 1 saturated heterocycles. The summed E-state index contributed by atoms with van der Waals surface area (Å²) in [7, 11) is 6.93. The molecule has 3 nitrogen and oxygen atoms in total. The maximum absolute atomic E-state index is 14.5. The zero-order valence-electron chi connectivity index (χ0n) is 14.8. The first-order chi connectivity index (χ1) is 9.84. The van der Waals surface area contributed by atoms with E-state index < -0.39 is 23.6 Å². The molecule has 0 bridgehead atoms. The van der Waals surface area contributed by atoms with Crippen LogP contribution in [0.1, 0.15) is 27.7 Å². The Bertz CT molecular complexity index is 570. The van der Waals surface area contributed by atoms with Crippen molar-refractivity contribution in [3.05, 3.63) is 17.9 Å². The van der Waals surface area contributed by atoms with E-state index in [1.165, 1.54) is 6.07 Å². The predicted molar refractivity (Wildman–Crippen MR) is 99.3 cm³/mol. The largest absolute Gasteiger partial charge is 0.515 e. The lowest BCUT2D eigenvalue weighted by molar-refractivity contribution is 0.00578. The van der Waals surface area contributed by atoms with E-state index >= 15 is 0 Å². The molecule has 0 atom stereocenters. The monoisotopic (exact) mass is 300 g/mol. The van der Waals surface area contributed by atoms with Gasteiger partial charge in [0.05, 0.1) is 16.7 Å². The van der Waals surface area contributed by atoms with Crippen LogP contribution in [0.5, 0.6) is 5.75 Å². The first-order valence-corrected chi connectivity index (χ1v) is 7.68. The lowest BCUT2D eigenvalue weighted by Gasteiger charge is -2.32. The van der Waals surface area contributed by atoms with Crippen LogP contribution in [0, 0.1) is 5.82 Å². The van der Waals surface area contributed by atoms with E-state index in [1.54, 1.807) is 6.07 Å². The Balaban J connectivity index is 2.50. The van der Waals surface area contributed by atoms with Crippen molar-refractivity contribution in [2.24, 2.45) is 0 Å². The average molecular weight is 299 g/mol. The van der Waals surface area contributed by atoms with E-state index in [0.29, 0.717) is 11.2 Å². The van der Waals surface area contributed by atoms with Crippen LogP contribution in [-0.4, -0.2) is 55.0 Å². The van der Waals surface area contributed by atoms with Crippen LogP contribution in [0.15, 0.2) is 12.1 Å². The van der Waals surface area contributed by atoms with Gasteiger partial charge in [0.1, 0.15) is 43.0 Å². The molecule has 1 aromatic carbocycles. The molecule has 2 rings (SSSR count). The standard InChI is InChI=1S/C13H22B5FO3/c1-11(2)12(3,4)22-18(21-11)9-8(19)6-5-7(14)10(9)20-13(15,16)17/h5-6H,14-17H2,1-4H3. The molecular weight excluding hydrogens is 277 g/mol. The zero-order valence-corrected chi connectivity index (χ0v) is 14.8. The number of hydrogen-bond acceptors (Lipinski definition) is 3. The molecular formula is C13H22B5FO3. The normalized spacial score (nSPS) is 20.1. The van der Waals surface area contributed by atoms with Crippen molar-refractivity contribution in [1.82, 2.24) is 0 Å². The Hall–Kier alpha value is -0.805. The molecule has 0 unspecified atom stereocenters. The van der Waals surface area contributed by atoms with Crippen molar-refractivity contribution in [2.45, 2.75) is 44.2 Å². The molecule has 9 heteroatoms. The minimum absolute atomic E-state index is 0.341. The number of benzene rings is 1. The molecule has 22 heavy (non-hydrogen) atoms. The fraction of sp³-hybridized carbons (Fsp3) is 0.538. The van der Waals surface area contributed by atoms with Crippen molar-refractivity contribution < 1.29 is 18.4 Å². The molecule has 0 radical (unpaired) electrons. The van der Waals surface area contributed by atoms with Crippen molar-refractivity contribution in [3.8, 4) is 5.75 Å². The van der Waals surface area contributed by atoms with Gasteiger partial charge in [0.25, 0.3) is 0 Å². The van der Waals surface area contributed by atoms with Crippen LogP contribution in [0.25, 0.3) is 0 Å². The summed E-state index contributed by atoms with van der Waals surface area (Å²) in [5.74, 6) is 0.134. The maximum atomic E-state index is 14.5. The smallest absolute Gasteiger partial charge is 0.501 e. The number of halogens is 1. The lowest BCUT2D eigenvalue weighted by Crippen LogP contribution is -2.46. The van der Waals surface area contributed by atoms with Gasteiger partial charge in [-0.15, -0.1) is 0 Å². The van der Waals surface area contributed by atoms with E-state index in [2.05, 4.69) is 0 Å². The average Bonchev–Trinajstić information content (AvgIpc) is 2.51. The lowest BCUT2D eigenvalue weighted by atomic mass is 9.52. The highest BCUT2D eigenvalue weighted by Crippen LogP contribution is 2.37. The summed E-state index contributed by atoms with van der Waals surface area (Å²) in [5.41, 5.74) is 0.161. The minimum Gasteiger partial charge on any atom is -0.515 e. The molecule has 0 amide bonds. The second-order valence-electron chi connectivity index (χ2n) is 7.91. The predicted octanol–water partition coefficient (Wildman–Crippen LogP) is -2.73. The third-order valence-corrected chi connectivity index (χ3v) is 4.24. The number of hydrogen-bond donors (Lipinski definition) is 0. The van der Waals surface area contributed by atoms with Gasteiger partial charge in [-0.2, -0.15) is 0 Å². The van der Waals surface area contributed by atoms with Crippen LogP contribution in [0.3, 0.4) is 0 Å². The maximum Gasteiger partial charge on any atom is 0.501 e. The Kier molecular flexibility index (Phi) is 4.29. The summed E-state index contributed by atoms with van der Waals surface area (Å²) in [6.07, 6.45) is 0. The van der Waals surface area contributed by atoms with Gasteiger partial charge in [0.15, 0.2) is 0 Å². The van der Waals surface area contributed by atoms with Gasteiger partial charge in [-0.3, -0.25) is 0 Å². The van der Waals surface area contributed by atoms with E-state index in [9.17, 15) is 4.39 Å². The van der Waals surface area contributed by atoms with E-state index in [4.69, 9.17) is 14.0 Å². The summed E-state index contributed by atoms with van der Waals surface area (Å²) < 4.78 is 32.5. The highest BCUT2D eigenvalue weighted by Gasteiger charge is 2.53. The van der Waals surface area contributed by atoms with Gasteiger partial charge in [-0.05, 0) is 39.2 Å². The van der Waals surface area contributed by atoms with Crippen molar-refractivity contribution in [3.63, 3.8) is 0 Å². The molecule has 1 fully saturated rings. The first-order valence-electron chi connectivity index (χ1n) is 7.68. The first kappa shape index (κ1) is 17.5. The molecule has 1 aliphatic rings. The van der Waals surface area contributed by atoms with Gasteiger partial charge in [-0.1, -0.05) is 6.07 Å². The zero-order chi connectivity index (χ0) is 16.9. The van der Waals surface area contributed by atoms with Crippen molar-refractivity contribution in [2.75, 3.05) is 0 Å². The summed E-state index contributed by atoms with van der Waals surface area (Å²) in [4.78, 5) is 0. The van der Waals surface area contributed by atoms with E-state index in [0.717, 1.165) is 5.46 Å². The van der Waals surface area contributed by atoms with Crippen molar-refractivity contribution >= 4 is 49.4 Å². The summed E-state index contributed by atoms with van der Waals surface area (Å²) in [6.45, 7) is 7.80. The van der Waals surface area contributed by atoms with E-state index in [1.807, 2.05) is 59.1 Å². The summed E-state index contributed by atoms with van der Waals surface area (Å²) in [6, 6.07) is 3.15. The molecule has 0 spiro atoms. The van der Waals surface area contributed by atoms with Crippen LogP contribution >= 0.6 is 0 Å². The Morgan fingerprint density at radius 1 is 1.09 bits per heavy atom. The highest BCUT2D eigenvalue weighted by atomic mass is 19.1. The van der Waals surface area contributed by atoms with Crippen LogP contribution in [-0.2, 0) is 9.31 Å². The molecule has 0 aromatic heterocycles.